The Morgan fingerprint density at radius 3 is 2.48 bits per heavy atom. The number of phenolic OH excluding ortho intramolecular Hbond substituents is 1. The van der Waals surface area contributed by atoms with Crippen molar-refractivity contribution in [2.45, 2.75) is 77.1 Å². The van der Waals surface area contributed by atoms with Crippen molar-refractivity contribution >= 4 is 23.8 Å². The molecule has 1 aromatic rings. The number of piperidine rings is 1. The number of nitrogens with one attached hydrogen (secondary N) is 2. The maximum atomic E-state index is 12.2. The highest BCUT2D eigenvalue weighted by Crippen LogP contribution is 2.29. The smallest absolute Gasteiger partial charge is 0.407 e. The highest BCUT2D eigenvalue weighted by atomic mass is 16.6. The van der Waals surface area contributed by atoms with Crippen LogP contribution in [-0.2, 0) is 20.9 Å². The summed E-state index contributed by atoms with van der Waals surface area (Å²) in [4.78, 5) is 47.7. The minimum Gasteiger partial charge on any atom is -0.508 e. The number of nitrogens with zero attached hydrogens (tertiary/aromatic N) is 1. The van der Waals surface area contributed by atoms with Crippen LogP contribution in [0.4, 0.5) is 4.79 Å². The first-order chi connectivity index (χ1) is 14.5. The van der Waals surface area contributed by atoms with Gasteiger partial charge in [-0.15, -0.1) is 0 Å². The van der Waals surface area contributed by atoms with Gasteiger partial charge in [0.1, 0.15) is 17.4 Å². The number of amides is 4. The normalized spacial score (nSPS) is 20.8. The Bertz CT molecular complexity index is 888. The summed E-state index contributed by atoms with van der Waals surface area (Å²) in [6.45, 7) is 5.94. The van der Waals surface area contributed by atoms with Gasteiger partial charge in [0.25, 0.3) is 5.91 Å². The molecule has 1 saturated heterocycles. The fourth-order valence-electron chi connectivity index (χ4n) is 3.57. The van der Waals surface area contributed by atoms with Gasteiger partial charge in [-0.05, 0) is 64.2 Å². The van der Waals surface area contributed by atoms with E-state index in [9.17, 15) is 24.3 Å². The first-order valence-corrected chi connectivity index (χ1v) is 10.5. The van der Waals surface area contributed by atoms with E-state index in [1.54, 1.807) is 6.07 Å². The molecule has 0 radical (unpaired) electrons. The van der Waals surface area contributed by atoms with Gasteiger partial charge in [-0.2, -0.15) is 0 Å². The van der Waals surface area contributed by atoms with Crippen molar-refractivity contribution in [1.82, 2.24) is 15.5 Å². The van der Waals surface area contributed by atoms with Crippen molar-refractivity contribution in [3.8, 4) is 5.75 Å². The molecular formula is C22H29N3O6. The number of carbonyl (C=O) groups is 4. The lowest BCUT2D eigenvalue weighted by molar-refractivity contribution is -0.136. The van der Waals surface area contributed by atoms with Crippen molar-refractivity contribution in [3.05, 3.63) is 29.3 Å². The Balaban J connectivity index is 0.000000196. The molecule has 3 aliphatic rings. The second kappa shape index (κ2) is 8.95. The van der Waals surface area contributed by atoms with E-state index in [0.29, 0.717) is 24.6 Å². The number of benzene rings is 1. The average molecular weight is 431 g/mol. The standard InChI is InChI=1S/C13H12N2O4.C9H17NO2/c16-8-2-1-7-6-15(13(19)9(7)5-8)10-3-4-11(17)14-12(10)18;1-9(2,3)12-8(11)10-7-5-4-6-7/h1-2,5,10,16H,3-4,6H2,(H,14,17,18);7H,4-6H2,1-3H3,(H,10,11). The van der Waals surface area contributed by atoms with Crippen LogP contribution in [-0.4, -0.2) is 51.5 Å². The second-order valence-corrected chi connectivity index (χ2v) is 9.02. The van der Waals surface area contributed by atoms with Crippen LogP contribution >= 0.6 is 0 Å². The van der Waals surface area contributed by atoms with Crippen LogP contribution < -0.4 is 10.6 Å². The van der Waals surface area contributed by atoms with Crippen molar-refractivity contribution in [1.29, 1.82) is 0 Å². The van der Waals surface area contributed by atoms with Gasteiger partial charge < -0.3 is 20.1 Å². The predicted molar refractivity (Wildman–Crippen MR) is 111 cm³/mol. The minimum absolute atomic E-state index is 0.0252. The summed E-state index contributed by atoms with van der Waals surface area (Å²) < 4.78 is 5.09. The molecule has 1 atom stereocenters. The summed E-state index contributed by atoms with van der Waals surface area (Å²) in [6, 6.07) is 4.34. The van der Waals surface area contributed by atoms with E-state index in [0.717, 1.165) is 18.4 Å². The van der Waals surface area contributed by atoms with Crippen molar-refractivity contribution < 1.29 is 29.0 Å². The lowest BCUT2D eigenvalue weighted by Gasteiger charge is -2.29. The number of aromatic hydroxyl groups is 1. The van der Waals surface area contributed by atoms with E-state index in [1.165, 1.54) is 23.5 Å². The molecule has 168 valence electrons. The molecule has 31 heavy (non-hydrogen) atoms. The van der Waals surface area contributed by atoms with Crippen molar-refractivity contribution in [2.24, 2.45) is 0 Å². The third kappa shape index (κ3) is 5.74. The molecule has 4 rings (SSSR count). The van der Waals surface area contributed by atoms with E-state index in [4.69, 9.17) is 4.74 Å². The lowest BCUT2D eigenvalue weighted by Crippen LogP contribution is -2.52. The number of rotatable bonds is 2. The fourth-order valence-corrected chi connectivity index (χ4v) is 3.57. The third-order valence-corrected chi connectivity index (χ3v) is 5.34. The topological polar surface area (TPSA) is 125 Å². The van der Waals surface area contributed by atoms with Crippen molar-refractivity contribution in [3.63, 3.8) is 0 Å². The van der Waals surface area contributed by atoms with E-state index in [1.807, 2.05) is 20.8 Å². The Hall–Kier alpha value is -3.10. The number of alkyl carbamates (subject to hydrolysis) is 1. The first-order valence-electron chi connectivity index (χ1n) is 10.5. The summed E-state index contributed by atoms with van der Waals surface area (Å²) >= 11 is 0. The number of ether oxygens (including phenoxy) is 1. The van der Waals surface area contributed by atoms with Gasteiger partial charge in [-0.1, -0.05) is 6.07 Å². The van der Waals surface area contributed by atoms with E-state index in [2.05, 4.69) is 10.6 Å². The largest absolute Gasteiger partial charge is 0.508 e. The average Bonchev–Trinajstić information content (AvgIpc) is 2.94. The Morgan fingerprint density at radius 2 is 1.90 bits per heavy atom. The van der Waals surface area contributed by atoms with Gasteiger partial charge in [0.05, 0.1) is 0 Å². The summed E-state index contributed by atoms with van der Waals surface area (Å²) in [5, 5.41) is 14.5. The highest BCUT2D eigenvalue weighted by molar-refractivity contribution is 6.05. The maximum Gasteiger partial charge on any atom is 0.407 e. The Morgan fingerprint density at radius 1 is 1.19 bits per heavy atom. The monoisotopic (exact) mass is 431 g/mol. The van der Waals surface area contributed by atoms with Gasteiger partial charge >= 0.3 is 6.09 Å². The van der Waals surface area contributed by atoms with E-state index in [-0.39, 0.29) is 35.7 Å². The molecule has 9 nitrogen and oxygen atoms in total. The lowest BCUT2D eigenvalue weighted by atomic mass is 9.93. The third-order valence-electron chi connectivity index (χ3n) is 5.34. The van der Waals surface area contributed by atoms with Crippen LogP contribution in [0.3, 0.4) is 0 Å². The number of phenols is 1. The Labute approximate surface area is 181 Å². The van der Waals surface area contributed by atoms with Crippen LogP contribution in [0.15, 0.2) is 18.2 Å². The molecule has 1 unspecified atom stereocenters. The molecule has 2 aliphatic heterocycles. The van der Waals surface area contributed by atoms with Crippen molar-refractivity contribution in [2.75, 3.05) is 0 Å². The summed E-state index contributed by atoms with van der Waals surface area (Å²) in [6.07, 6.45) is 3.71. The number of imide groups is 1. The summed E-state index contributed by atoms with van der Waals surface area (Å²) in [7, 11) is 0. The zero-order valence-electron chi connectivity index (χ0n) is 18.1. The van der Waals surface area contributed by atoms with Gasteiger partial charge in [0.15, 0.2) is 0 Å². The second-order valence-electron chi connectivity index (χ2n) is 9.02. The van der Waals surface area contributed by atoms with Gasteiger partial charge in [-0.3, -0.25) is 19.7 Å². The molecule has 2 heterocycles. The fraction of sp³-hybridized carbons (Fsp3) is 0.545. The molecule has 0 bridgehead atoms. The van der Waals surface area contributed by atoms with E-state index < -0.39 is 11.9 Å². The zero-order chi connectivity index (χ0) is 22.8. The summed E-state index contributed by atoms with van der Waals surface area (Å²) in [5.41, 5.74) is 0.825. The van der Waals surface area contributed by atoms with Gasteiger partial charge in [0.2, 0.25) is 11.8 Å². The Kier molecular flexibility index (Phi) is 6.52. The first kappa shape index (κ1) is 22.6. The molecule has 1 aliphatic carbocycles. The molecule has 0 aromatic heterocycles. The molecule has 1 saturated carbocycles. The number of carbonyl (C=O) groups excluding carboxylic acids is 4. The molecule has 9 heteroatoms. The quantitative estimate of drug-likeness (QED) is 0.617. The summed E-state index contributed by atoms with van der Waals surface area (Å²) in [5.74, 6) is -0.984. The highest BCUT2D eigenvalue weighted by Gasteiger charge is 2.39. The molecular weight excluding hydrogens is 402 g/mol. The molecule has 4 amide bonds. The molecule has 3 N–H and O–H groups in total. The SMILES string of the molecule is CC(C)(C)OC(=O)NC1CCC1.O=C1CCC(N2Cc3ccc(O)cc3C2=O)C(=O)N1. The van der Waals surface area contributed by atoms with Crippen LogP contribution in [0.1, 0.15) is 68.8 Å². The van der Waals surface area contributed by atoms with Crippen LogP contribution in [0.2, 0.25) is 0 Å². The number of hydrogen-bond donors (Lipinski definition) is 3. The molecule has 2 fully saturated rings. The van der Waals surface area contributed by atoms with Gasteiger partial charge in [-0.25, -0.2) is 4.79 Å². The van der Waals surface area contributed by atoms with E-state index >= 15 is 0 Å². The predicted octanol–water partition coefficient (Wildman–Crippen LogP) is 2.22. The van der Waals surface area contributed by atoms with Crippen LogP contribution in [0, 0.1) is 0 Å². The molecule has 0 spiro atoms. The maximum absolute atomic E-state index is 12.2. The van der Waals surface area contributed by atoms with Crippen LogP contribution in [0.5, 0.6) is 5.75 Å². The zero-order valence-corrected chi connectivity index (χ0v) is 18.1. The van der Waals surface area contributed by atoms with Gasteiger partial charge in [0, 0.05) is 24.6 Å². The number of hydrogen-bond acceptors (Lipinski definition) is 6. The molecule has 1 aromatic carbocycles. The van der Waals surface area contributed by atoms with Crippen LogP contribution in [0.25, 0.3) is 0 Å². The number of fused-ring (bicyclic) bond motifs is 1. The minimum atomic E-state index is -0.611.